The molecular weight excluding hydrogens is 437 g/mol. The average molecular weight is 462 g/mol. The number of nitrogens with zero attached hydrogens (tertiary/aromatic N) is 3. The number of hydrogen-bond acceptors (Lipinski definition) is 4. The van der Waals surface area contributed by atoms with Gasteiger partial charge in [-0.05, 0) is 92.8 Å². The molecule has 2 atom stereocenters. The summed E-state index contributed by atoms with van der Waals surface area (Å²) in [5.41, 5.74) is 6.93. The Morgan fingerprint density at radius 2 is 1.85 bits per heavy atom. The van der Waals surface area contributed by atoms with Gasteiger partial charge in [0.05, 0.1) is 6.10 Å². The molecule has 4 nitrogen and oxygen atoms in total. The van der Waals surface area contributed by atoms with E-state index >= 15 is 0 Å². The smallest absolute Gasteiger partial charge is 0.160 e. The summed E-state index contributed by atoms with van der Waals surface area (Å²) in [6.45, 7) is 6.61. The third-order valence-electron chi connectivity index (χ3n) is 6.48. The summed E-state index contributed by atoms with van der Waals surface area (Å²) in [5, 5.41) is 1.22. The number of aromatic nitrogens is 3. The fourth-order valence-electron chi connectivity index (χ4n) is 4.56. The quantitative estimate of drug-likeness (QED) is 0.328. The van der Waals surface area contributed by atoms with E-state index in [1.54, 1.807) is 12.1 Å². The number of hydrogen-bond donors (Lipinski definition) is 0. The summed E-state index contributed by atoms with van der Waals surface area (Å²) in [6.07, 6.45) is 3.45. The van der Waals surface area contributed by atoms with E-state index in [-0.39, 0.29) is 17.8 Å². The van der Waals surface area contributed by atoms with Gasteiger partial charge in [0.25, 0.3) is 0 Å². The lowest BCUT2D eigenvalue weighted by atomic mass is 9.87. The number of pyridine rings is 3. The Kier molecular flexibility index (Phi) is 5.85. The summed E-state index contributed by atoms with van der Waals surface area (Å²) in [5.74, 6) is -0.171. The highest BCUT2D eigenvalue weighted by molar-refractivity contribution is 6.30. The molecule has 1 fully saturated rings. The van der Waals surface area contributed by atoms with Crippen LogP contribution in [0.4, 0.5) is 4.39 Å². The van der Waals surface area contributed by atoms with Crippen LogP contribution >= 0.6 is 11.6 Å². The molecule has 168 valence electrons. The molecule has 1 saturated heterocycles. The number of rotatable bonds is 3. The summed E-state index contributed by atoms with van der Waals surface area (Å²) in [4.78, 5) is 14.0. The molecule has 1 aliphatic heterocycles. The van der Waals surface area contributed by atoms with Crippen LogP contribution in [0.3, 0.4) is 0 Å². The fraction of sp³-hybridized carbons (Fsp3) is 0.296. The van der Waals surface area contributed by atoms with Crippen molar-refractivity contribution >= 4 is 22.6 Å². The van der Waals surface area contributed by atoms with Crippen molar-refractivity contribution in [1.29, 1.82) is 0 Å². The average Bonchev–Trinajstić information content (AvgIpc) is 2.80. The van der Waals surface area contributed by atoms with Crippen LogP contribution in [0.1, 0.15) is 53.1 Å². The maximum atomic E-state index is 15.0. The summed E-state index contributed by atoms with van der Waals surface area (Å²) >= 11 is 6.02. The van der Waals surface area contributed by atoms with Gasteiger partial charge in [0, 0.05) is 51.8 Å². The summed E-state index contributed by atoms with van der Waals surface area (Å²) < 4.78 is 21.1. The first-order valence-electron chi connectivity index (χ1n) is 11.2. The minimum atomic E-state index is -0.351. The van der Waals surface area contributed by atoms with Crippen LogP contribution in [0.15, 0.2) is 48.7 Å². The molecule has 0 spiro atoms. The Labute approximate surface area is 197 Å². The molecule has 33 heavy (non-hydrogen) atoms. The van der Waals surface area contributed by atoms with Crippen LogP contribution in [-0.4, -0.2) is 21.6 Å². The lowest BCUT2D eigenvalue weighted by Gasteiger charge is -2.30. The van der Waals surface area contributed by atoms with Crippen LogP contribution in [0.25, 0.3) is 22.2 Å². The molecule has 0 aliphatic carbocycles. The van der Waals surface area contributed by atoms with E-state index in [0.29, 0.717) is 22.8 Å². The number of aryl methyl sites for hydroxylation is 3. The predicted molar refractivity (Wildman–Crippen MR) is 129 cm³/mol. The molecule has 2 unspecified atom stereocenters. The second-order valence-electron chi connectivity index (χ2n) is 8.79. The van der Waals surface area contributed by atoms with Gasteiger partial charge in [-0.15, -0.1) is 0 Å². The summed E-state index contributed by atoms with van der Waals surface area (Å²) in [7, 11) is 0. The van der Waals surface area contributed by atoms with Crippen LogP contribution in [0.5, 0.6) is 0 Å². The Bertz CT molecular complexity index is 1360. The topological polar surface area (TPSA) is 47.9 Å². The zero-order chi connectivity index (χ0) is 23.1. The van der Waals surface area contributed by atoms with Gasteiger partial charge in [-0.25, -0.2) is 14.4 Å². The van der Waals surface area contributed by atoms with Gasteiger partial charge in [0.2, 0.25) is 0 Å². The molecule has 0 amide bonds. The highest BCUT2D eigenvalue weighted by Crippen LogP contribution is 2.40. The zero-order valence-electron chi connectivity index (χ0n) is 18.9. The van der Waals surface area contributed by atoms with E-state index in [4.69, 9.17) is 26.3 Å². The van der Waals surface area contributed by atoms with E-state index in [1.807, 2.05) is 45.2 Å². The van der Waals surface area contributed by atoms with Gasteiger partial charge in [-0.3, -0.25) is 4.98 Å². The van der Waals surface area contributed by atoms with Gasteiger partial charge in [0.1, 0.15) is 5.82 Å². The Balaban J connectivity index is 1.62. The predicted octanol–water partition coefficient (Wildman–Crippen LogP) is 7.04. The Morgan fingerprint density at radius 1 is 1.00 bits per heavy atom. The summed E-state index contributed by atoms with van der Waals surface area (Å²) in [6, 6.07) is 13.0. The minimum Gasteiger partial charge on any atom is -0.373 e. The monoisotopic (exact) mass is 461 g/mol. The third-order valence-corrected chi connectivity index (χ3v) is 6.71. The van der Waals surface area contributed by atoms with Gasteiger partial charge in [-0.2, -0.15) is 0 Å². The maximum Gasteiger partial charge on any atom is 0.160 e. The Hall–Kier alpha value is -2.89. The van der Waals surface area contributed by atoms with Gasteiger partial charge < -0.3 is 4.74 Å². The molecule has 3 aromatic heterocycles. The number of benzene rings is 1. The molecule has 0 radical (unpaired) electrons. The van der Waals surface area contributed by atoms with Gasteiger partial charge >= 0.3 is 0 Å². The van der Waals surface area contributed by atoms with Crippen molar-refractivity contribution in [3.8, 4) is 11.1 Å². The van der Waals surface area contributed by atoms with Crippen molar-refractivity contribution in [1.82, 2.24) is 15.0 Å². The second-order valence-corrected chi connectivity index (χ2v) is 9.23. The maximum absolute atomic E-state index is 15.0. The van der Waals surface area contributed by atoms with E-state index in [2.05, 4.69) is 11.1 Å². The molecule has 6 heteroatoms. The first-order chi connectivity index (χ1) is 15.9. The van der Waals surface area contributed by atoms with E-state index in [1.165, 1.54) is 6.07 Å². The van der Waals surface area contributed by atoms with Crippen molar-refractivity contribution in [2.24, 2.45) is 0 Å². The van der Waals surface area contributed by atoms with Crippen LogP contribution in [0, 0.1) is 26.6 Å². The van der Waals surface area contributed by atoms with Crippen molar-refractivity contribution in [3.05, 3.63) is 87.7 Å². The van der Waals surface area contributed by atoms with Crippen molar-refractivity contribution in [2.75, 3.05) is 6.61 Å². The molecule has 0 N–H and O–H groups in total. The highest BCUT2D eigenvalue weighted by Gasteiger charge is 2.27. The SMILES string of the molecule is Cc1cc(C2CC(c3cc(-c4ccc(Cl)cc4F)c4cc(C)c(C)nc4n3)CCO2)ccn1. The van der Waals surface area contributed by atoms with Crippen LogP contribution in [-0.2, 0) is 4.74 Å². The number of halogens is 2. The van der Waals surface area contributed by atoms with Crippen LogP contribution < -0.4 is 0 Å². The standard InChI is InChI=1S/C27H25ClFN3O/c1-15-10-23-22(21-5-4-20(28)13-24(21)29)14-25(32-27(23)31-17(15)3)18-7-9-33-26(12-18)19-6-8-30-16(2)11-19/h4-6,8,10-11,13-14,18,26H,7,9,12H2,1-3H3. The molecule has 0 saturated carbocycles. The Morgan fingerprint density at radius 3 is 2.64 bits per heavy atom. The zero-order valence-corrected chi connectivity index (χ0v) is 19.7. The van der Waals surface area contributed by atoms with Gasteiger partial charge in [-0.1, -0.05) is 11.6 Å². The van der Waals surface area contributed by atoms with Gasteiger partial charge in [0.15, 0.2) is 5.65 Å². The first kappa shape index (κ1) is 21.9. The largest absolute Gasteiger partial charge is 0.373 e. The second kappa shape index (κ2) is 8.81. The molecule has 5 rings (SSSR count). The molecule has 4 aromatic rings. The molecule has 1 aliphatic rings. The third kappa shape index (κ3) is 4.35. The lowest BCUT2D eigenvalue weighted by molar-refractivity contribution is 0.00461. The van der Waals surface area contributed by atoms with Crippen molar-refractivity contribution < 1.29 is 9.13 Å². The van der Waals surface area contributed by atoms with E-state index < -0.39 is 0 Å². The van der Waals surface area contributed by atoms with Crippen molar-refractivity contribution in [3.63, 3.8) is 0 Å². The number of ether oxygens (including phenoxy) is 1. The first-order valence-corrected chi connectivity index (χ1v) is 11.6. The molecule has 1 aromatic carbocycles. The molecule has 0 bridgehead atoms. The van der Waals surface area contributed by atoms with E-state index in [9.17, 15) is 4.39 Å². The highest BCUT2D eigenvalue weighted by atomic mass is 35.5. The normalized spacial score (nSPS) is 18.6. The van der Waals surface area contributed by atoms with E-state index in [0.717, 1.165) is 52.0 Å². The molecular formula is C27H25ClFN3O. The molecule has 4 heterocycles. The lowest BCUT2D eigenvalue weighted by Crippen LogP contribution is -2.20. The minimum absolute atomic E-state index is 0.0219. The fourth-order valence-corrected chi connectivity index (χ4v) is 4.72. The number of fused-ring (bicyclic) bond motifs is 1. The van der Waals surface area contributed by atoms with Crippen LogP contribution in [0.2, 0.25) is 5.02 Å². The van der Waals surface area contributed by atoms with Crippen molar-refractivity contribution in [2.45, 2.75) is 45.6 Å².